The molecule has 0 bridgehead atoms. The van der Waals surface area contributed by atoms with Gasteiger partial charge in [0.05, 0.1) is 17.7 Å². The molecular weight excluding hydrogens is 477 g/mol. The minimum atomic E-state index is -4.65. The highest BCUT2D eigenvalue weighted by atomic mass is 35.5. The van der Waals surface area contributed by atoms with Crippen molar-refractivity contribution in [3.63, 3.8) is 0 Å². The number of nitrogens with zero attached hydrogens (tertiary/aromatic N) is 4. The van der Waals surface area contributed by atoms with Gasteiger partial charge in [0.15, 0.2) is 11.3 Å². The second kappa shape index (κ2) is 8.98. The van der Waals surface area contributed by atoms with E-state index >= 15 is 0 Å². The van der Waals surface area contributed by atoms with Crippen LogP contribution in [-0.4, -0.2) is 38.6 Å². The van der Waals surface area contributed by atoms with Gasteiger partial charge in [0.1, 0.15) is 18.2 Å². The van der Waals surface area contributed by atoms with Gasteiger partial charge in [-0.25, -0.2) is 24.5 Å². The number of benzene rings is 2. The Morgan fingerprint density at radius 1 is 1.00 bits per heavy atom. The Morgan fingerprint density at radius 3 is 2.35 bits per heavy atom. The van der Waals surface area contributed by atoms with Crippen molar-refractivity contribution < 1.29 is 27.5 Å². The molecule has 0 aliphatic rings. The number of halogens is 4. The number of imidazole rings is 1. The quantitative estimate of drug-likeness (QED) is 0.393. The smallest absolute Gasteiger partial charge is 0.417 e. The minimum absolute atomic E-state index is 0.0251. The van der Waals surface area contributed by atoms with Crippen LogP contribution in [-0.2, 0) is 10.9 Å². The van der Waals surface area contributed by atoms with Crippen LogP contribution in [0.15, 0.2) is 55.1 Å². The fraction of sp³-hybridized carbons (Fsp3) is 0.0952. The van der Waals surface area contributed by atoms with E-state index in [1.165, 1.54) is 25.8 Å². The summed E-state index contributed by atoms with van der Waals surface area (Å²) in [6, 6.07) is 8.78. The van der Waals surface area contributed by atoms with Gasteiger partial charge in [-0.15, -0.1) is 0 Å². The van der Waals surface area contributed by atoms with E-state index in [2.05, 4.69) is 25.6 Å². The number of ether oxygens (including phenoxy) is 1. The van der Waals surface area contributed by atoms with E-state index in [1.54, 1.807) is 28.8 Å². The average molecular weight is 491 g/mol. The summed E-state index contributed by atoms with van der Waals surface area (Å²) < 4.78 is 45.3. The van der Waals surface area contributed by atoms with Crippen LogP contribution < -0.4 is 10.6 Å². The molecule has 0 spiro atoms. The highest BCUT2D eigenvalue weighted by Crippen LogP contribution is 2.36. The molecule has 0 radical (unpaired) electrons. The first kappa shape index (κ1) is 23.0. The van der Waals surface area contributed by atoms with Crippen molar-refractivity contribution >= 4 is 46.1 Å². The highest BCUT2D eigenvalue weighted by Gasteiger charge is 2.33. The van der Waals surface area contributed by atoms with Gasteiger partial charge in [-0.2, -0.15) is 13.2 Å². The summed E-state index contributed by atoms with van der Waals surface area (Å²) in [6.45, 7) is 0. The lowest BCUT2D eigenvalue weighted by Gasteiger charge is -2.12. The number of carbonyl (C=O) groups is 2. The maximum atomic E-state index is 13.0. The number of methoxy groups -OCH3 is 1. The van der Waals surface area contributed by atoms with Gasteiger partial charge in [-0.3, -0.25) is 4.57 Å². The summed E-state index contributed by atoms with van der Waals surface area (Å²) in [7, 11) is 1.23. The number of alkyl halides is 3. The maximum absolute atomic E-state index is 13.0. The Bertz CT molecular complexity index is 1390. The van der Waals surface area contributed by atoms with Gasteiger partial charge in [0.25, 0.3) is 0 Å². The van der Waals surface area contributed by atoms with Crippen LogP contribution in [0.4, 0.5) is 29.3 Å². The SMILES string of the molecule is COC(=O)c1ncnc2c1ncn2-c1ccc(NC(=O)Nc2ccc(Cl)c(C(F)(F)F)c2)cc1. The molecule has 0 unspecified atom stereocenters. The number of aromatic nitrogens is 4. The van der Waals surface area contributed by atoms with E-state index in [0.29, 0.717) is 17.0 Å². The second-order valence-corrected chi connectivity index (χ2v) is 7.23. The zero-order valence-corrected chi connectivity index (χ0v) is 18.0. The Labute approximate surface area is 194 Å². The van der Waals surface area contributed by atoms with E-state index in [1.807, 2.05) is 0 Å². The molecule has 0 fully saturated rings. The molecule has 0 aliphatic carbocycles. The van der Waals surface area contributed by atoms with Crippen molar-refractivity contribution in [2.24, 2.45) is 0 Å². The molecule has 0 atom stereocenters. The van der Waals surface area contributed by atoms with Crippen molar-refractivity contribution in [3.8, 4) is 5.69 Å². The number of nitrogens with one attached hydrogen (secondary N) is 2. The zero-order chi connectivity index (χ0) is 24.5. The number of anilines is 2. The number of hydrogen-bond donors (Lipinski definition) is 2. The Balaban J connectivity index is 1.50. The molecule has 2 amide bonds. The largest absolute Gasteiger partial charge is 0.464 e. The molecule has 34 heavy (non-hydrogen) atoms. The lowest BCUT2D eigenvalue weighted by atomic mass is 10.2. The highest BCUT2D eigenvalue weighted by molar-refractivity contribution is 6.31. The summed E-state index contributed by atoms with van der Waals surface area (Å²) >= 11 is 5.59. The van der Waals surface area contributed by atoms with Crippen LogP contribution in [0.5, 0.6) is 0 Å². The first-order valence-electron chi connectivity index (χ1n) is 9.49. The van der Waals surface area contributed by atoms with Crippen LogP contribution in [0.2, 0.25) is 5.02 Å². The summed E-state index contributed by atoms with van der Waals surface area (Å²) in [6.07, 6.45) is -1.98. The molecule has 0 aliphatic heterocycles. The van der Waals surface area contributed by atoms with E-state index in [9.17, 15) is 22.8 Å². The van der Waals surface area contributed by atoms with E-state index in [4.69, 9.17) is 16.3 Å². The normalized spacial score (nSPS) is 11.3. The number of fused-ring (bicyclic) bond motifs is 1. The third-order valence-corrected chi connectivity index (χ3v) is 4.97. The van der Waals surface area contributed by atoms with Crippen LogP contribution in [0.25, 0.3) is 16.9 Å². The molecule has 4 rings (SSSR count). The number of carbonyl (C=O) groups excluding carboxylic acids is 2. The lowest BCUT2D eigenvalue weighted by Crippen LogP contribution is -2.20. The fourth-order valence-electron chi connectivity index (χ4n) is 3.09. The minimum Gasteiger partial charge on any atom is -0.464 e. The number of rotatable bonds is 4. The predicted molar refractivity (Wildman–Crippen MR) is 117 cm³/mol. The molecule has 174 valence electrons. The summed E-state index contributed by atoms with van der Waals surface area (Å²) in [5.41, 5.74) is 0.530. The number of urea groups is 1. The van der Waals surface area contributed by atoms with Gasteiger partial charge < -0.3 is 15.4 Å². The van der Waals surface area contributed by atoms with Crippen molar-refractivity contribution in [2.45, 2.75) is 6.18 Å². The van der Waals surface area contributed by atoms with Gasteiger partial charge in [-0.1, -0.05) is 11.6 Å². The molecule has 2 heterocycles. The number of hydrogen-bond acceptors (Lipinski definition) is 6. The van der Waals surface area contributed by atoms with Gasteiger partial charge in [0, 0.05) is 17.1 Å². The van der Waals surface area contributed by atoms with Crippen molar-refractivity contribution in [2.75, 3.05) is 17.7 Å². The molecule has 2 aromatic carbocycles. The second-order valence-electron chi connectivity index (χ2n) is 6.82. The molecular formula is C21H14ClF3N6O3. The Hall–Kier alpha value is -4.19. The number of esters is 1. The standard InChI is InChI=1S/C21H14ClF3N6O3/c1-34-19(32)17-16-18(27-9-26-17)31(10-28-16)13-5-2-11(3-6-13)29-20(33)30-12-4-7-15(22)14(8-12)21(23,24)25/h2-10H,1H3,(H2,29,30,33). The van der Waals surface area contributed by atoms with Gasteiger partial charge in [0.2, 0.25) is 0 Å². The maximum Gasteiger partial charge on any atom is 0.417 e. The number of amides is 2. The van der Waals surface area contributed by atoms with E-state index in [-0.39, 0.29) is 16.9 Å². The first-order valence-corrected chi connectivity index (χ1v) is 9.86. The molecule has 2 N–H and O–H groups in total. The zero-order valence-electron chi connectivity index (χ0n) is 17.2. The topological polar surface area (TPSA) is 111 Å². The van der Waals surface area contributed by atoms with Crippen molar-refractivity contribution in [3.05, 3.63) is 71.4 Å². The van der Waals surface area contributed by atoms with Crippen LogP contribution in [0.1, 0.15) is 16.1 Å². The average Bonchev–Trinajstić information content (AvgIpc) is 3.24. The monoisotopic (exact) mass is 490 g/mol. The predicted octanol–water partition coefficient (Wildman–Crippen LogP) is 4.92. The summed E-state index contributed by atoms with van der Waals surface area (Å²) in [4.78, 5) is 36.3. The van der Waals surface area contributed by atoms with Crippen LogP contribution in [0, 0.1) is 0 Å². The third kappa shape index (κ3) is 4.62. The first-order chi connectivity index (χ1) is 16.2. The molecule has 13 heteroatoms. The molecule has 9 nitrogen and oxygen atoms in total. The third-order valence-electron chi connectivity index (χ3n) is 4.65. The molecule has 4 aromatic rings. The van der Waals surface area contributed by atoms with E-state index < -0.39 is 28.8 Å². The fourth-order valence-corrected chi connectivity index (χ4v) is 3.31. The molecule has 0 saturated heterocycles. The van der Waals surface area contributed by atoms with E-state index in [0.717, 1.165) is 12.1 Å². The lowest BCUT2D eigenvalue weighted by molar-refractivity contribution is -0.137. The van der Waals surface area contributed by atoms with Crippen molar-refractivity contribution in [1.82, 2.24) is 19.5 Å². The molecule has 0 saturated carbocycles. The van der Waals surface area contributed by atoms with Crippen LogP contribution in [0.3, 0.4) is 0 Å². The Morgan fingerprint density at radius 2 is 1.68 bits per heavy atom. The van der Waals surface area contributed by atoms with Gasteiger partial charge >= 0.3 is 18.2 Å². The Kier molecular flexibility index (Phi) is 6.07. The summed E-state index contributed by atoms with van der Waals surface area (Å²) in [5.74, 6) is -0.647. The van der Waals surface area contributed by atoms with Crippen molar-refractivity contribution in [1.29, 1.82) is 0 Å². The molecule has 2 aromatic heterocycles. The van der Waals surface area contributed by atoms with Gasteiger partial charge in [-0.05, 0) is 42.5 Å². The van der Waals surface area contributed by atoms with Crippen LogP contribution >= 0.6 is 11.6 Å². The summed E-state index contributed by atoms with van der Waals surface area (Å²) in [5, 5.41) is 4.40.